The molecule has 0 saturated carbocycles. The van der Waals surface area contributed by atoms with Crippen LogP contribution in [0.2, 0.25) is 0 Å². The molecule has 1 aromatic heterocycles. The Morgan fingerprint density at radius 1 is 0.826 bits per heavy atom. The molecular formula is C19H20N4. The van der Waals surface area contributed by atoms with Crippen molar-refractivity contribution in [2.75, 3.05) is 13.1 Å². The van der Waals surface area contributed by atoms with Gasteiger partial charge in [-0.15, -0.1) is 0 Å². The number of nitrogens with one attached hydrogen (secondary N) is 1. The molecule has 0 unspecified atom stereocenters. The van der Waals surface area contributed by atoms with Crippen LogP contribution < -0.4 is 0 Å². The second kappa shape index (κ2) is 6.34. The summed E-state index contributed by atoms with van der Waals surface area (Å²) in [4.78, 5) is 2.48. The SMILES string of the molecule is c1ccc(-c2n[nH]nc2CN2CCc3ccccc3CC2)cc1. The van der Waals surface area contributed by atoms with Crippen LogP contribution in [0.3, 0.4) is 0 Å². The predicted octanol–water partition coefficient (Wildman–Crippen LogP) is 3.07. The van der Waals surface area contributed by atoms with Gasteiger partial charge in [0.25, 0.3) is 0 Å². The van der Waals surface area contributed by atoms with Gasteiger partial charge < -0.3 is 0 Å². The van der Waals surface area contributed by atoms with Crippen LogP contribution in [0.5, 0.6) is 0 Å². The first-order valence-corrected chi connectivity index (χ1v) is 8.14. The Kier molecular flexibility index (Phi) is 3.90. The Bertz CT molecular complexity index is 752. The van der Waals surface area contributed by atoms with E-state index >= 15 is 0 Å². The summed E-state index contributed by atoms with van der Waals surface area (Å²) in [5.41, 5.74) is 6.08. The summed E-state index contributed by atoms with van der Waals surface area (Å²) >= 11 is 0. The summed E-state index contributed by atoms with van der Waals surface area (Å²) < 4.78 is 0. The van der Waals surface area contributed by atoms with Crippen LogP contribution in [0.25, 0.3) is 11.3 Å². The van der Waals surface area contributed by atoms with E-state index in [4.69, 9.17) is 0 Å². The number of aromatic amines is 1. The number of hydrogen-bond donors (Lipinski definition) is 1. The molecule has 0 saturated heterocycles. The maximum Gasteiger partial charge on any atom is 0.117 e. The van der Waals surface area contributed by atoms with Crippen molar-refractivity contribution in [3.8, 4) is 11.3 Å². The fourth-order valence-electron chi connectivity index (χ4n) is 3.27. The van der Waals surface area contributed by atoms with E-state index in [0.717, 1.165) is 49.4 Å². The molecule has 1 aliphatic heterocycles. The quantitative estimate of drug-likeness (QED) is 0.809. The van der Waals surface area contributed by atoms with E-state index in [9.17, 15) is 0 Å². The minimum Gasteiger partial charge on any atom is -0.297 e. The molecule has 0 bridgehead atoms. The van der Waals surface area contributed by atoms with E-state index in [0.29, 0.717) is 0 Å². The molecule has 0 radical (unpaired) electrons. The number of hydrogen-bond acceptors (Lipinski definition) is 3. The minimum absolute atomic E-state index is 0.842. The smallest absolute Gasteiger partial charge is 0.117 e. The lowest BCUT2D eigenvalue weighted by atomic mass is 10.0. The van der Waals surface area contributed by atoms with E-state index in [1.54, 1.807) is 0 Å². The summed E-state index contributed by atoms with van der Waals surface area (Å²) in [7, 11) is 0. The summed E-state index contributed by atoms with van der Waals surface area (Å²) in [5.74, 6) is 0. The van der Waals surface area contributed by atoms with Crippen molar-refractivity contribution in [1.82, 2.24) is 20.3 Å². The van der Waals surface area contributed by atoms with Crippen LogP contribution in [0.4, 0.5) is 0 Å². The molecule has 0 fully saturated rings. The predicted molar refractivity (Wildman–Crippen MR) is 90.9 cm³/mol. The van der Waals surface area contributed by atoms with E-state index in [-0.39, 0.29) is 0 Å². The minimum atomic E-state index is 0.842. The molecule has 1 N–H and O–H groups in total. The summed E-state index contributed by atoms with van der Waals surface area (Å²) in [6, 6.07) is 19.1. The molecule has 2 aromatic carbocycles. The first kappa shape index (κ1) is 14.2. The zero-order valence-electron chi connectivity index (χ0n) is 13.1. The van der Waals surface area contributed by atoms with Crippen LogP contribution >= 0.6 is 0 Å². The second-order valence-corrected chi connectivity index (χ2v) is 6.03. The van der Waals surface area contributed by atoms with Gasteiger partial charge in [0.05, 0.1) is 0 Å². The Balaban J connectivity index is 1.51. The number of nitrogens with zero attached hydrogens (tertiary/aromatic N) is 3. The molecule has 1 aliphatic rings. The standard InChI is InChI=1S/C19H20N4/c1-2-8-17(9-3-1)19-18(20-22-21-19)14-23-12-10-15-6-4-5-7-16(15)11-13-23/h1-9H,10-14H2,(H,20,21,22). The maximum absolute atomic E-state index is 4.39. The largest absolute Gasteiger partial charge is 0.297 e. The van der Waals surface area contributed by atoms with Crippen LogP contribution in [-0.2, 0) is 19.4 Å². The highest BCUT2D eigenvalue weighted by Crippen LogP contribution is 2.22. The molecule has 0 atom stereocenters. The number of H-pyrrole nitrogens is 1. The van der Waals surface area contributed by atoms with Crippen molar-refractivity contribution >= 4 is 0 Å². The lowest BCUT2D eigenvalue weighted by Crippen LogP contribution is -2.26. The zero-order valence-corrected chi connectivity index (χ0v) is 13.1. The highest BCUT2D eigenvalue weighted by Gasteiger charge is 2.17. The Morgan fingerprint density at radius 2 is 1.48 bits per heavy atom. The Morgan fingerprint density at radius 3 is 2.17 bits per heavy atom. The Labute approximate surface area is 136 Å². The fourth-order valence-corrected chi connectivity index (χ4v) is 3.27. The third-order valence-electron chi connectivity index (χ3n) is 4.55. The van der Waals surface area contributed by atoms with Gasteiger partial charge in [-0.05, 0) is 24.0 Å². The summed E-state index contributed by atoms with van der Waals surface area (Å²) in [5, 5.41) is 11.5. The molecular weight excluding hydrogens is 284 g/mol. The number of aromatic nitrogens is 3. The normalized spacial score (nSPS) is 15.1. The highest BCUT2D eigenvalue weighted by atomic mass is 15.3. The second-order valence-electron chi connectivity index (χ2n) is 6.03. The van der Waals surface area contributed by atoms with Crippen molar-refractivity contribution in [1.29, 1.82) is 0 Å². The van der Waals surface area contributed by atoms with Crippen molar-refractivity contribution in [3.63, 3.8) is 0 Å². The van der Waals surface area contributed by atoms with Gasteiger partial charge in [0.2, 0.25) is 0 Å². The fraction of sp³-hybridized carbons (Fsp3) is 0.263. The van der Waals surface area contributed by atoms with Gasteiger partial charge in [-0.25, -0.2) is 0 Å². The van der Waals surface area contributed by atoms with Gasteiger partial charge in [-0.2, -0.15) is 15.4 Å². The van der Waals surface area contributed by atoms with Crippen LogP contribution in [0, 0.1) is 0 Å². The summed E-state index contributed by atoms with van der Waals surface area (Å²) in [6.07, 6.45) is 2.21. The zero-order chi connectivity index (χ0) is 15.5. The van der Waals surface area contributed by atoms with Gasteiger partial charge in [0.1, 0.15) is 11.4 Å². The molecule has 0 aliphatic carbocycles. The van der Waals surface area contributed by atoms with E-state index < -0.39 is 0 Å². The van der Waals surface area contributed by atoms with E-state index in [1.807, 2.05) is 18.2 Å². The molecule has 116 valence electrons. The molecule has 4 nitrogen and oxygen atoms in total. The van der Waals surface area contributed by atoms with Gasteiger partial charge in [0, 0.05) is 25.2 Å². The van der Waals surface area contributed by atoms with Crippen LogP contribution in [0.15, 0.2) is 54.6 Å². The van der Waals surface area contributed by atoms with E-state index in [1.165, 1.54) is 11.1 Å². The average molecular weight is 304 g/mol. The number of rotatable bonds is 3. The van der Waals surface area contributed by atoms with Crippen molar-refractivity contribution in [2.45, 2.75) is 19.4 Å². The number of benzene rings is 2. The van der Waals surface area contributed by atoms with Gasteiger partial charge in [-0.3, -0.25) is 4.90 Å². The van der Waals surface area contributed by atoms with Crippen molar-refractivity contribution in [3.05, 3.63) is 71.4 Å². The topological polar surface area (TPSA) is 44.8 Å². The van der Waals surface area contributed by atoms with Crippen LogP contribution in [-0.4, -0.2) is 33.4 Å². The first-order valence-electron chi connectivity index (χ1n) is 8.14. The molecule has 4 heteroatoms. The third-order valence-corrected chi connectivity index (χ3v) is 4.55. The average Bonchev–Trinajstić information content (AvgIpc) is 2.97. The Hall–Kier alpha value is -2.46. The summed E-state index contributed by atoms with van der Waals surface area (Å²) in [6.45, 7) is 2.98. The van der Waals surface area contributed by atoms with Gasteiger partial charge in [0.15, 0.2) is 0 Å². The van der Waals surface area contributed by atoms with Crippen molar-refractivity contribution < 1.29 is 0 Å². The third kappa shape index (κ3) is 3.03. The molecule has 2 heterocycles. The van der Waals surface area contributed by atoms with Gasteiger partial charge >= 0.3 is 0 Å². The molecule has 0 spiro atoms. The van der Waals surface area contributed by atoms with Crippen molar-refractivity contribution in [2.24, 2.45) is 0 Å². The van der Waals surface area contributed by atoms with E-state index in [2.05, 4.69) is 56.7 Å². The molecule has 4 rings (SSSR count). The maximum atomic E-state index is 4.39. The molecule has 23 heavy (non-hydrogen) atoms. The lowest BCUT2D eigenvalue weighted by molar-refractivity contribution is 0.276. The molecule has 3 aromatic rings. The first-order chi connectivity index (χ1) is 11.4. The van der Waals surface area contributed by atoms with Crippen LogP contribution in [0.1, 0.15) is 16.8 Å². The van der Waals surface area contributed by atoms with Gasteiger partial charge in [-0.1, -0.05) is 54.6 Å². The highest BCUT2D eigenvalue weighted by molar-refractivity contribution is 5.60. The monoisotopic (exact) mass is 304 g/mol. The number of fused-ring (bicyclic) bond motifs is 1. The molecule has 0 amide bonds. The lowest BCUT2D eigenvalue weighted by Gasteiger charge is -2.18.